The Kier molecular flexibility index (Phi) is 6.30. The van der Waals surface area contributed by atoms with E-state index >= 15 is 0 Å². The Morgan fingerprint density at radius 1 is 0.921 bits per heavy atom. The molecule has 6 heteroatoms. The summed E-state index contributed by atoms with van der Waals surface area (Å²) >= 11 is 0. The number of carbonyl (C=O) groups excluding carboxylic acids is 1. The Hall–Kier alpha value is -4.58. The van der Waals surface area contributed by atoms with Crippen molar-refractivity contribution in [3.63, 3.8) is 0 Å². The van der Waals surface area contributed by atoms with E-state index in [1.165, 1.54) is 11.1 Å². The van der Waals surface area contributed by atoms with Crippen LogP contribution in [0.15, 0.2) is 103 Å². The Labute approximate surface area is 223 Å². The second kappa shape index (κ2) is 10.1. The van der Waals surface area contributed by atoms with Gasteiger partial charge in [-0.05, 0) is 55.7 Å². The van der Waals surface area contributed by atoms with Crippen LogP contribution in [0.5, 0.6) is 0 Å². The Morgan fingerprint density at radius 3 is 2.45 bits per heavy atom. The van der Waals surface area contributed by atoms with Crippen LogP contribution < -0.4 is 5.32 Å². The maximum absolute atomic E-state index is 13.9. The number of hydrogen-bond acceptors (Lipinski definition) is 2. The van der Waals surface area contributed by atoms with Gasteiger partial charge in [0.25, 0.3) is 0 Å². The normalized spacial score (nSPS) is 14.5. The fourth-order valence-corrected chi connectivity index (χ4v) is 5.40. The van der Waals surface area contributed by atoms with Gasteiger partial charge in [-0.15, -0.1) is 0 Å². The molecule has 0 saturated carbocycles. The summed E-state index contributed by atoms with van der Waals surface area (Å²) in [5.74, 6) is 0.978. The van der Waals surface area contributed by atoms with E-state index in [-0.39, 0.29) is 12.1 Å². The number of fused-ring (bicyclic) bond motifs is 3. The van der Waals surface area contributed by atoms with Gasteiger partial charge in [0.15, 0.2) is 0 Å². The molecule has 6 nitrogen and oxygen atoms in total. The highest BCUT2D eigenvalue weighted by Gasteiger charge is 2.35. The molecule has 0 fully saturated rings. The number of nitrogens with one attached hydrogen (secondary N) is 1. The fraction of sp³-hybridized carbons (Fsp3) is 0.188. The predicted octanol–water partition coefficient (Wildman–Crippen LogP) is 6.14. The molecule has 38 heavy (non-hydrogen) atoms. The molecule has 1 N–H and O–H groups in total. The second-order valence-electron chi connectivity index (χ2n) is 9.85. The highest BCUT2D eigenvalue weighted by Crippen LogP contribution is 2.38. The molecule has 0 spiro atoms. The highest BCUT2D eigenvalue weighted by molar-refractivity contribution is 5.76. The summed E-state index contributed by atoms with van der Waals surface area (Å²) < 4.78 is 4.20. The molecule has 0 saturated heterocycles. The van der Waals surface area contributed by atoms with Crippen molar-refractivity contribution in [1.82, 2.24) is 24.6 Å². The molecule has 5 aromatic rings. The summed E-state index contributed by atoms with van der Waals surface area (Å²) in [6.45, 7) is 5.14. The van der Waals surface area contributed by atoms with E-state index in [4.69, 9.17) is 5.10 Å². The third-order valence-corrected chi connectivity index (χ3v) is 7.24. The van der Waals surface area contributed by atoms with Crippen LogP contribution in [0.25, 0.3) is 11.5 Å². The molecule has 0 bridgehead atoms. The van der Waals surface area contributed by atoms with E-state index in [1.54, 1.807) is 0 Å². The van der Waals surface area contributed by atoms with E-state index in [0.29, 0.717) is 13.1 Å². The first kappa shape index (κ1) is 23.8. The molecule has 1 aliphatic heterocycles. The first-order valence-electron chi connectivity index (χ1n) is 13.1. The molecule has 3 heterocycles. The van der Waals surface area contributed by atoms with Crippen LogP contribution in [0, 0.1) is 13.8 Å². The summed E-state index contributed by atoms with van der Waals surface area (Å²) in [5.41, 5.74) is 7.43. The third kappa shape index (κ3) is 4.39. The lowest BCUT2D eigenvalue weighted by atomic mass is 10.00. The molecular formula is C32H31N5O. The van der Waals surface area contributed by atoms with E-state index < -0.39 is 0 Å². The van der Waals surface area contributed by atoms with Crippen molar-refractivity contribution >= 4 is 6.03 Å². The van der Waals surface area contributed by atoms with Crippen molar-refractivity contribution in [3.05, 3.63) is 137 Å². The minimum absolute atomic E-state index is 0.0834. The lowest BCUT2D eigenvalue weighted by molar-refractivity contribution is 0.180. The van der Waals surface area contributed by atoms with Crippen LogP contribution in [0.2, 0.25) is 0 Å². The molecule has 0 aliphatic carbocycles. The Bertz CT molecular complexity index is 1570. The van der Waals surface area contributed by atoms with Gasteiger partial charge in [-0.1, -0.05) is 78.4 Å². The third-order valence-electron chi connectivity index (χ3n) is 7.24. The maximum atomic E-state index is 13.9. The molecule has 6 rings (SSSR count). The van der Waals surface area contributed by atoms with Gasteiger partial charge in [-0.3, -0.25) is 0 Å². The van der Waals surface area contributed by atoms with Crippen molar-refractivity contribution in [2.75, 3.05) is 6.54 Å². The SMILES string of the molecule is Cc1cccc([C@H]2c3cccn3-c3c(c(C)nn3-c3ccccc3)CN2C(=O)NCCc2ccccc2)c1. The number of benzene rings is 3. The number of amides is 2. The number of urea groups is 1. The number of nitrogens with zero attached hydrogens (tertiary/aromatic N) is 4. The van der Waals surface area contributed by atoms with Gasteiger partial charge in [-0.2, -0.15) is 5.10 Å². The number of rotatable bonds is 5. The van der Waals surface area contributed by atoms with Gasteiger partial charge < -0.3 is 14.8 Å². The van der Waals surface area contributed by atoms with Crippen LogP contribution in [0.3, 0.4) is 0 Å². The van der Waals surface area contributed by atoms with Crippen molar-refractivity contribution < 1.29 is 4.79 Å². The summed E-state index contributed by atoms with van der Waals surface area (Å²) in [5, 5.41) is 8.13. The summed E-state index contributed by atoms with van der Waals surface area (Å²) in [4.78, 5) is 15.9. The van der Waals surface area contributed by atoms with Gasteiger partial charge >= 0.3 is 6.03 Å². The maximum Gasteiger partial charge on any atom is 0.318 e. The van der Waals surface area contributed by atoms with Crippen LogP contribution in [-0.2, 0) is 13.0 Å². The van der Waals surface area contributed by atoms with Crippen LogP contribution in [0.4, 0.5) is 4.79 Å². The van der Waals surface area contributed by atoms with Gasteiger partial charge in [0.05, 0.1) is 29.7 Å². The van der Waals surface area contributed by atoms with E-state index in [2.05, 4.69) is 83.7 Å². The van der Waals surface area contributed by atoms with E-state index in [9.17, 15) is 4.79 Å². The summed E-state index contributed by atoms with van der Waals surface area (Å²) in [6, 6.07) is 32.7. The van der Waals surface area contributed by atoms with E-state index in [1.807, 2.05) is 52.9 Å². The van der Waals surface area contributed by atoms with Crippen molar-refractivity contribution in [3.8, 4) is 11.5 Å². The molecule has 3 aromatic carbocycles. The number of para-hydroxylation sites is 1. The lowest BCUT2D eigenvalue weighted by Gasteiger charge is -2.31. The van der Waals surface area contributed by atoms with Gasteiger partial charge in [0.2, 0.25) is 0 Å². The molecule has 1 aliphatic rings. The topological polar surface area (TPSA) is 55.1 Å². The molecule has 1 atom stereocenters. The van der Waals surface area contributed by atoms with Crippen molar-refractivity contribution in [2.45, 2.75) is 32.9 Å². The standard InChI is InChI=1S/C32H31N5O/c1-23-11-9-14-26(21-23)30-29-17-10-20-35(29)31-28(24(2)34-37(31)27-15-7-4-8-16-27)22-36(30)32(38)33-19-18-25-12-5-3-6-13-25/h3-17,20-21,30H,18-19,22H2,1-2H3,(H,33,38)/t30-/m0/s1. The molecule has 2 aromatic heterocycles. The predicted molar refractivity (Wildman–Crippen MR) is 150 cm³/mol. The molecule has 0 unspecified atom stereocenters. The van der Waals surface area contributed by atoms with Gasteiger partial charge in [0.1, 0.15) is 5.82 Å². The number of aryl methyl sites for hydroxylation is 2. The largest absolute Gasteiger partial charge is 0.338 e. The summed E-state index contributed by atoms with van der Waals surface area (Å²) in [6.07, 6.45) is 2.86. The first-order valence-corrected chi connectivity index (χ1v) is 13.1. The minimum Gasteiger partial charge on any atom is -0.338 e. The average molecular weight is 502 g/mol. The van der Waals surface area contributed by atoms with E-state index in [0.717, 1.165) is 40.4 Å². The number of carbonyl (C=O) groups is 1. The minimum atomic E-state index is -0.252. The summed E-state index contributed by atoms with van der Waals surface area (Å²) in [7, 11) is 0. The number of hydrogen-bond donors (Lipinski definition) is 1. The smallest absolute Gasteiger partial charge is 0.318 e. The molecule has 190 valence electrons. The number of aromatic nitrogens is 3. The quantitative estimate of drug-likeness (QED) is 0.315. The van der Waals surface area contributed by atoms with Gasteiger partial charge in [0, 0.05) is 18.3 Å². The zero-order valence-corrected chi connectivity index (χ0v) is 21.7. The van der Waals surface area contributed by atoms with Crippen LogP contribution >= 0.6 is 0 Å². The Balaban J connectivity index is 1.44. The molecule has 0 radical (unpaired) electrons. The monoisotopic (exact) mass is 501 g/mol. The Morgan fingerprint density at radius 2 is 1.68 bits per heavy atom. The fourth-order valence-electron chi connectivity index (χ4n) is 5.40. The second-order valence-corrected chi connectivity index (χ2v) is 9.85. The van der Waals surface area contributed by atoms with Crippen molar-refractivity contribution in [1.29, 1.82) is 0 Å². The lowest BCUT2D eigenvalue weighted by Crippen LogP contribution is -2.42. The average Bonchev–Trinajstić information content (AvgIpc) is 3.50. The van der Waals surface area contributed by atoms with Crippen LogP contribution in [-0.4, -0.2) is 31.8 Å². The highest BCUT2D eigenvalue weighted by atomic mass is 16.2. The zero-order chi connectivity index (χ0) is 26.1. The first-order chi connectivity index (χ1) is 18.6. The zero-order valence-electron chi connectivity index (χ0n) is 21.7. The molecular weight excluding hydrogens is 470 g/mol. The molecule has 2 amide bonds. The van der Waals surface area contributed by atoms with Crippen LogP contribution in [0.1, 0.15) is 39.7 Å². The van der Waals surface area contributed by atoms with Gasteiger partial charge in [-0.25, -0.2) is 9.48 Å². The van der Waals surface area contributed by atoms with Crippen molar-refractivity contribution in [2.24, 2.45) is 0 Å².